The highest BCUT2D eigenvalue weighted by Gasteiger charge is 2.51. The summed E-state index contributed by atoms with van der Waals surface area (Å²) >= 11 is 0. The number of aryl methyl sites for hydroxylation is 1. The van der Waals surface area contributed by atoms with E-state index in [9.17, 15) is 4.79 Å². The third-order valence-electron chi connectivity index (χ3n) is 3.49. The van der Waals surface area contributed by atoms with Gasteiger partial charge in [-0.05, 0) is 37.8 Å². The molecule has 0 bridgehead atoms. The van der Waals surface area contributed by atoms with E-state index in [1.54, 1.807) is 6.20 Å². The van der Waals surface area contributed by atoms with E-state index in [2.05, 4.69) is 10.4 Å². The van der Waals surface area contributed by atoms with E-state index in [0.29, 0.717) is 12.5 Å². The van der Waals surface area contributed by atoms with Gasteiger partial charge in [-0.2, -0.15) is 5.10 Å². The number of likely N-dealkylation sites (N-methyl/N-ethyl adjacent to an activating group) is 1. The van der Waals surface area contributed by atoms with Crippen molar-refractivity contribution >= 4 is 5.97 Å². The van der Waals surface area contributed by atoms with Gasteiger partial charge in [-0.3, -0.25) is 4.68 Å². The Bertz CT molecular complexity index is 426. The fourth-order valence-corrected chi connectivity index (χ4v) is 2.52. The van der Waals surface area contributed by atoms with Crippen molar-refractivity contribution in [1.29, 1.82) is 0 Å². The summed E-state index contributed by atoms with van der Waals surface area (Å²) in [6.45, 7) is 5.28. The molecule has 1 aliphatic rings. The van der Waals surface area contributed by atoms with Gasteiger partial charge in [-0.15, -0.1) is 0 Å². The molecule has 2 rings (SSSR count). The number of nitrogens with one attached hydrogen (secondary N) is 1. The van der Waals surface area contributed by atoms with Crippen LogP contribution in [0.4, 0.5) is 0 Å². The average molecular weight is 251 g/mol. The molecule has 1 heterocycles. The molecule has 1 unspecified atom stereocenters. The van der Waals surface area contributed by atoms with Crippen molar-refractivity contribution in [1.82, 2.24) is 15.1 Å². The maximum Gasteiger partial charge on any atom is 0.328 e. The third-order valence-corrected chi connectivity index (χ3v) is 3.49. The van der Waals surface area contributed by atoms with Crippen LogP contribution in [-0.2, 0) is 16.1 Å². The van der Waals surface area contributed by atoms with Gasteiger partial charge in [0.05, 0.1) is 19.9 Å². The van der Waals surface area contributed by atoms with Crippen LogP contribution in [0.25, 0.3) is 0 Å². The van der Waals surface area contributed by atoms with Gasteiger partial charge in [0.15, 0.2) is 0 Å². The van der Waals surface area contributed by atoms with Crippen molar-refractivity contribution < 1.29 is 9.53 Å². The first kappa shape index (κ1) is 13.1. The molecule has 1 aromatic rings. The van der Waals surface area contributed by atoms with Gasteiger partial charge in [-0.1, -0.05) is 6.92 Å². The molecular weight excluding hydrogens is 230 g/mol. The smallest absolute Gasteiger partial charge is 0.328 e. The lowest BCUT2D eigenvalue weighted by molar-refractivity contribution is -0.150. The molecule has 1 fully saturated rings. The predicted octanol–water partition coefficient (Wildman–Crippen LogP) is 1.12. The first-order chi connectivity index (χ1) is 8.62. The number of hydrogen-bond acceptors (Lipinski definition) is 4. The van der Waals surface area contributed by atoms with Gasteiger partial charge in [0.1, 0.15) is 5.54 Å². The average Bonchev–Trinajstić information content (AvgIpc) is 3.13. The molecule has 0 amide bonds. The van der Waals surface area contributed by atoms with Crippen LogP contribution in [0.15, 0.2) is 12.4 Å². The fraction of sp³-hybridized carbons (Fsp3) is 0.692. The minimum Gasteiger partial charge on any atom is -0.468 e. The van der Waals surface area contributed by atoms with Crippen LogP contribution in [0, 0.1) is 12.8 Å². The lowest BCUT2D eigenvalue weighted by Gasteiger charge is -2.31. The molecule has 0 saturated heterocycles. The normalized spacial score (nSPS) is 18.4. The van der Waals surface area contributed by atoms with Gasteiger partial charge in [0.25, 0.3) is 0 Å². The molecule has 1 aromatic heterocycles. The summed E-state index contributed by atoms with van der Waals surface area (Å²) in [6.07, 6.45) is 5.91. The molecular formula is C13H21N3O2. The first-order valence-corrected chi connectivity index (χ1v) is 6.45. The molecule has 0 aromatic carbocycles. The Morgan fingerprint density at radius 2 is 2.39 bits per heavy atom. The van der Waals surface area contributed by atoms with E-state index in [1.165, 1.54) is 7.11 Å². The third kappa shape index (κ3) is 2.41. The molecule has 1 saturated carbocycles. The van der Waals surface area contributed by atoms with E-state index in [0.717, 1.165) is 24.9 Å². The molecule has 5 nitrogen and oxygen atoms in total. The van der Waals surface area contributed by atoms with E-state index in [-0.39, 0.29) is 5.97 Å². The summed E-state index contributed by atoms with van der Waals surface area (Å²) in [7, 11) is 1.45. The van der Waals surface area contributed by atoms with Crippen molar-refractivity contribution in [2.75, 3.05) is 13.7 Å². The maximum absolute atomic E-state index is 12.2. The Morgan fingerprint density at radius 3 is 2.83 bits per heavy atom. The van der Waals surface area contributed by atoms with E-state index in [1.807, 2.05) is 24.7 Å². The highest BCUT2D eigenvalue weighted by molar-refractivity contribution is 5.81. The zero-order valence-electron chi connectivity index (χ0n) is 11.3. The molecule has 0 spiro atoms. The first-order valence-electron chi connectivity index (χ1n) is 6.45. The van der Waals surface area contributed by atoms with E-state index >= 15 is 0 Å². The van der Waals surface area contributed by atoms with Crippen molar-refractivity contribution in [3.8, 4) is 0 Å². The molecule has 0 radical (unpaired) electrons. The van der Waals surface area contributed by atoms with Crippen LogP contribution in [0.3, 0.4) is 0 Å². The van der Waals surface area contributed by atoms with Crippen LogP contribution >= 0.6 is 0 Å². The Morgan fingerprint density at radius 1 is 1.67 bits per heavy atom. The number of esters is 1. The largest absolute Gasteiger partial charge is 0.468 e. The zero-order chi connectivity index (χ0) is 13.2. The molecule has 18 heavy (non-hydrogen) atoms. The standard InChI is InChI=1S/C13H21N3O2/c1-4-14-13(11-5-6-11,12(17)18-3)9-16-8-10(2)7-15-16/h7-8,11,14H,4-6,9H2,1-3H3. The molecule has 1 aliphatic carbocycles. The quantitative estimate of drug-likeness (QED) is 0.770. The number of hydrogen-bond donors (Lipinski definition) is 1. The minimum absolute atomic E-state index is 0.181. The Hall–Kier alpha value is -1.36. The molecule has 1 N–H and O–H groups in total. The number of aromatic nitrogens is 2. The summed E-state index contributed by atoms with van der Waals surface area (Å²) in [5.74, 6) is 0.175. The minimum atomic E-state index is -0.623. The fourth-order valence-electron chi connectivity index (χ4n) is 2.52. The van der Waals surface area contributed by atoms with Gasteiger partial charge in [-0.25, -0.2) is 4.79 Å². The number of carbonyl (C=O) groups is 1. The number of methoxy groups -OCH3 is 1. The van der Waals surface area contributed by atoms with Crippen molar-refractivity contribution in [2.24, 2.45) is 5.92 Å². The van der Waals surface area contributed by atoms with Crippen molar-refractivity contribution in [3.05, 3.63) is 18.0 Å². The van der Waals surface area contributed by atoms with Gasteiger partial charge >= 0.3 is 5.97 Å². The lowest BCUT2D eigenvalue weighted by Crippen LogP contribution is -2.57. The number of nitrogens with zero attached hydrogens (tertiary/aromatic N) is 2. The number of carbonyl (C=O) groups excluding carboxylic acids is 1. The van der Waals surface area contributed by atoms with Crippen LogP contribution in [0.1, 0.15) is 25.3 Å². The molecule has 0 aliphatic heterocycles. The molecule has 100 valence electrons. The predicted molar refractivity (Wildman–Crippen MR) is 68.1 cm³/mol. The summed E-state index contributed by atoms with van der Waals surface area (Å²) < 4.78 is 6.83. The Labute approximate surface area is 108 Å². The molecule has 5 heteroatoms. The lowest BCUT2D eigenvalue weighted by atomic mass is 9.93. The zero-order valence-corrected chi connectivity index (χ0v) is 11.3. The second-order valence-electron chi connectivity index (χ2n) is 4.98. The SMILES string of the molecule is CCNC(Cn1cc(C)cn1)(C(=O)OC)C1CC1. The monoisotopic (exact) mass is 251 g/mol. The van der Waals surface area contributed by atoms with Gasteiger partial charge in [0, 0.05) is 6.20 Å². The second-order valence-corrected chi connectivity index (χ2v) is 4.98. The van der Waals surface area contributed by atoms with Gasteiger partial charge < -0.3 is 10.1 Å². The summed E-state index contributed by atoms with van der Waals surface area (Å²) in [5, 5.41) is 7.61. The van der Waals surface area contributed by atoms with Crippen LogP contribution in [0.2, 0.25) is 0 Å². The van der Waals surface area contributed by atoms with Gasteiger partial charge in [0.2, 0.25) is 0 Å². The highest BCUT2D eigenvalue weighted by Crippen LogP contribution is 2.41. The summed E-state index contributed by atoms with van der Waals surface area (Å²) in [4.78, 5) is 12.2. The molecule has 1 atom stereocenters. The van der Waals surface area contributed by atoms with Crippen molar-refractivity contribution in [2.45, 2.75) is 38.8 Å². The second kappa shape index (κ2) is 5.10. The number of ether oxygens (including phenoxy) is 1. The van der Waals surface area contributed by atoms with Crippen molar-refractivity contribution in [3.63, 3.8) is 0 Å². The summed E-state index contributed by atoms with van der Waals surface area (Å²) in [5.41, 5.74) is 0.475. The van der Waals surface area contributed by atoms with E-state index in [4.69, 9.17) is 4.74 Å². The van der Waals surface area contributed by atoms with Crippen LogP contribution in [-0.4, -0.2) is 34.9 Å². The maximum atomic E-state index is 12.2. The Balaban J connectivity index is 2.24. The van der Waals surface area contributed by atoms with Crippen LogP contribution < -0.4 is 5.32 Å². The Kier molecular flexibility index (Phi) is 3.71. The highest BCUT2D eigenvalue weighted by atomic mass is 16.5. The van der Waals surface area contributed by atoms with E-state index < -0.39 is 5.54 Å². The summed E-state index contributed by atoms with van der Waals surface area (Å²) in [6, 6.07) is 0. The van der Waals surface area contributed by atoms with Crippen LogP contribution in [0.5, 0.6) is 0 Å². The number of rotatable bonds is 6. The topological polar surface area (TPSA) is 56.2 Å².